The summed E-state index contributed by atoms with van der Waals surface area (Å²) in [5.41, 5.74) is 1.39. The Kier molecular flexibility index (Phi) is 3.24. The molecule has 0 radical (unpaired) electrons. The standard InChI is InChI=1S/C11H13N3O3S/c1-8-5-13-11(4-10(8)12-2)14-6-9(7-14)17-18(3,15)16/h4-5,9H,6-7H2,1,3H3. The molecule has 1 fully saturated rings. The quantitative estimate of drug-likeness (QED) is 0.606. The van der Waals surface area contributed by atoms with Crippen LogP contribution in [-0.2, 0) is 14.3 Å². The molecule has 0 bridgehead atoms. The van der Waals surface area contributed by atoms with Gasteiger partial charge in [0.1, 0.15) is 11.9 Å². The van der Waals surface area contributed by atoms with Crippen molar-refractivity contribution in [2.24, 2.45) is 0 Å². The average molecular weight is 267 g/mol. The Morgan fingerprint density at radius 1 is 1.56 bits per heavy atom. The van der Waals surface area contributed by atoms with Gasteiger partial charge in [-0.3, -0.25) is 4.18 Å². The SMILES string of the molecule is [C-]#[N+]c1cc(N2CC(OS(C)(=O)=O)C2)ncc1C. The Labute approximate surface area is 106 Å². The molecule has 0 saturated carbocycles. The predicted octanol–water partition coefficient (Wildman–Crippen LogP) is 1.11. The Morgan fingerprint density at radius 3 is 2.78 bits per heavy atom. The smallest absolute Gasteiger partial charge is 0.264 e. The first-order valence-electron chi connectivity index (χ1n) is 5.36. The van der Waals surface area contributed by atoms with Gasteiger partial charge in [0.2, 0.25) is 0 Å². The van der Waals surface area contributed by atoms with Gasteiger partial charge in [-0.05, 0) is 18.6 Å². The molecule has 6 nitrogen and oxygen atoms in total. The van der Waals surface area contributed by atoms with E-state index in [4.69, 9.17) is 10.8 Å². The number of aromatic nitrogens is 1. The summed E-state index contributed by atoms with van der Waals surface area (Å²) in [6.07, 6.45) is 2.36. The number of anilines is 1. The maximum Gasteiger partial charge on any atom is 0.264 e. The van der Waals surface area contributed by atoms with Crippen molar-refractivity contribution in [1.29, 1.82) is 0 Å². The fraction of sp³-hybridized carbons (Fsp3) is 0.455. The second-order valence-electron chi connectivity index (χ2n) is 4.27. The molecule has 18 heavy (non-hydrogen) atoms. The van der Waals surface area contributed by atoms with Gasteiger partial charge in [0.25, 0.3) is 10.1 Å². The number of hydrogen-bond acceptors (Lipinski definition) is 5. The fourth-order valence-corrected chi connectivity index (χ4v) is 2.35. The molecule has 1 aromatic rings. The first kappa shape index (κ1) is 12.8. The first-order chi connectivity index (χ1) is 8.39. The van der Waals surface area contributed by atoms with Gasteiger partial charge in [0, 0.05) is 19.3 Å². The second kappa shape index (κ2) is 4.55. The van der Waals surface area contributed by atoms with Crippen molar-refractivity contribution in [3.63, 3.8) is 0 Å². The van der Waals surface area contributed by atoms with Crippen LogP contribution in [0.2, 0.25) is 0 Å². The van der Waals surface area contributed by atoms with Crippen molar-refractivity contribution < 1.29 is 12.6 Å². The zero-order chi connectivity index (χ0) is 13.3. The summed E-state index contributed by atoms with van der Waals surface area (Å²) >= 11 is 0. The van der Waals surface area contributed by atoms with E-state index >= 15 is 0 Å². The highest BCUT2D eigenvalue weighted by atomic mass is 32.2. The van der Waals surface area contributed by atoms with Crippen molar-refractivity contribution in [2.45, 2.75) is 13.0 Å². The van der Waals surface area contributed by atoms with E-state index in [1.807, 2.05) is 11.8 Å². The molecule has 1 aliphatic rings. The van der Waals surface area contributed by atoms with Crippen molar-refractivity contribution >= 4 is 21.6 Å². The molecule has 0 unspecified atom stereocenters. The van der Waals surface area contributed by atoms with Gasteiger partial charge in [0.15, 0.2) is 5.69 Å². The van der Waals surface area contributed by atoms with Crippen LogP contribution in [-0.4, -0.2) is 38.9 Å². The van der Waals surface area contributed by atoms with Crippen molar-refractivity contribution in [3.8, 4) is 0 Å². The molecule has 96 valence electrons. The third kappa shape index (κ3) is 2.78. The van der Waals surface area contributed by atoms with Crippen LogP contribution in [0.4, 0.5) is 11.5 Å². The summed E-state index contributed by atoms with van der Waals surface area (Å²) in [6, 6.07) is 1.71. The molecule has 1 aromatic heterocycles. The molecule has 2 rings (SSSR count). The van der Waals surface area contributed by atoms with E-state index in [-0.39, 0.29) is 6.10 Å². The molecule has 7 heteroatoms. The maximum atomic E-state index is 10.9. The van der Waals surface area contributed by atoms with E-state index in [9.17, 15) is 8.42 Å². The third-order valence-corrected chi connectivity index (χ3v) is 3.29. The van der Waals surface area contributed by atoms with Gasteiger partial charge in [-0.25, -0.2) is 9.83 Å². The largest absolute Gasteiger partial charge is 0.352 e. The average Bonchev–Trinajstić information content (AvgIpc) is 2.23. The van der Waals surface area contributed by atoms with Crippen LogP contribution in [0, 0.1) is 13.5 Å². The highest BCUT2D eigenvalue weighted by molar-refractivity contribution is 7.86. The number of nitrogens with zero attached hydrogens (tertiary/aromatic N) is 3. The van der Waals surface area contributed by atoms with E-state index in [0.717, 1.165) is 11.8 Å². The van der Waals surface area contributed by atoms with Crippen LogP contribution < -0.4 is 4.90 Å². The molecule has 1 aliphatic heterocycles. The summed E-state index contributed by atoms with van der Waals surface area (Å²) in [6.45, 7) is 9.80. The molecule has 0 N–H and O–H groups in total. The molecule has 2 heterocycles. The number of hydrogen-bond donors (Lipinski definition) is 0. The van der Waals surface area contributed by atoms with Crippen molar-refractivity contribution in [3.05, 3.63) is 29.2 Å². The number of pyridine rings is 1. The predicted molar refractivity (Wildman–Crippen MR) is 67.2 cm³/mol. The maximum absolute atomic E-state index is 10.9. The van der Waals surface area contributed by atoms with Crippen molar-refractivity contribution in [2.75, 3.05) is 24.2 Å². The summed E-state index contributed by atoms with van der Waals surface area (Å²) in [5, 5.41) is 0. The normalized spacial score (nSPS) is 16.2. The zero-order valence-corrected chi connectivity index (χ0v) is 10.9. The third-order valence-electron chi connectivity index (χ3n) is 2.66. The topological polar surface area (TPSA) is 63.9 Å². The van der Waals surface area contributed by atoms with Crippen LogP contribution in [0.25, 0.3) is 4.85 Å². The number of rotatable bonds is 3. The van der Waals surface area contributed by atoms with Gasteiger partial charge in [-0.1, -0.05) is 0 Å². The Balaban J connectivity index is 2.03. The summed E-state index contributed by atoms with van der Waals surface area (Å²) in [7, 11) is -3.40. The van der Waals surface area contributed by atoms with Crippen molar-refractivity contribution in [1.82, 2.24) is 4.98 Å². The molecule has 0 amide bonds. The minimum absolute atomic E-state index is 0.320. The summed E-state index contributed by atoms with van der Waals surface area (Å²) in [4.78, 5) is 9.50. The van der Waals surface area contributed by atoms with E-state index < -0.39 is 10.1 Å². The lowest BCUT2D eigenvalue weighted by Gasteiger charge is -2.39. The highest BCUT2D eigenvalue weighted by Gasteiger charge is 2.31. The first-order valence-corrected chi connectivity index (χ1v) is 7.18. The van der Waals surface area contributed by atoms with Crippen LogP contribution in [0.3, 0.4) is 0 Å². The monoisotopic (exact) mass is 267 g/mol. The van der Waals surface area contributed by atoms with E-state index in [1.165, 1.54) is 0 Å². The van der Waals surface area contributed by atoms with E-state index in [1.54, 1.807) is 12.3 Å². The molecule has 0 atom stereocenters. The second-order valence-corrected chi connectivity index (χ2v) is 5.87. The summed E-state index contributed by atoms with van der Waals surface area (Å²) < 4.78 is 26.7. The highest BCUT2D eigenvalue weighted by Crippen LogP contribution is 2.27. The van der Waals surface area contributed by atoms with Crippen LogP contribution in [0.15, 0.2) is 12.3 Å². The lowest BCUT2D eigenvalue weighted by Crippen LogP contribution is -2.53. The lowest BCUT2D eigenvalue weighted by atomic mass is 10.1. The Morgan fingerprint density at radius 2 is 2.22 bits per heavy atom. The van der Waals surface area contributed by atoms with Gasteiger partial charge in [0.05, 0.1) is 12.8 Å². The van der Waals surface area contributed by atoms with Crippen LogP contribution in [0.5, 0.6) is 0 Å². The van der Waals surface area contributed by atoms with Gasteiger partial charge < -0.3 is 4.90 Å². The van der Waals surface area contributed by atoms with E-state index in [2.05, 4.69) is 9.83 Å². The molecule has 0 aliphatic carbocycles. The minimum atomic E-state index is -3.40. The minimum Gasteiger partial charge on any atom is -0.352 e. The van der Waals surface area contributed by atoms with Gasteiger partial charge in [-0.15, -0.1) is 0 Å². The van der Waals surface area contributed by atoms with Crippen LogP contribution in [0.1, 0.15) is 5.56 Å². The summed E-state index contributed by atoms with van der Waals surface area (Å²) in [5.74, 6) is 0.681. The molecular weight excluding hydrogens is 254 g/mol. The Bertz CT molecular complexity index is 600. The zero-order valence-electron chi connectivity index (χ0n) is 10.1. The Hall–Kier alpha value is -1.65. The molecule has 0 aromatic carbocycles. The van der Waals surface area contributed by atoms with Gasteiger partial charge in [-0.2, -0.15) is 8.42 Å². The molecular formula is C11H13N3O3S. The van der Waals surface area contributed by atoms with Gasteiger partial charge >= 0.3 is 0 Å². The molecule has 1 saturated heterocycles. The molecule has 0 spiro atoms. The van der Waals surface area contributed by atoms with E-state index in [0.29, 0.717) is 24.6 Å². The number of aryl methyl sites for hydroxylation is 1. The lowest BCUT2D eigenvalue weighted by molar-refractivity contribution is 0.176. The van der Waals surface area contributed by atoms with Crippen LogP contribution >= 0.6 is 0 Å². The fourth-order valence-electron chi connectivity index (χ4n) is 1.73.